The second-order valence-corrected chi connectivity index (χ2v) is 6.63. The van der Waals surface area contributed by atoms with E-state index in [1.165, 1.54) is 7.11 Å². The lowest BCUT2D eigenvalue weighted by molar-refractivity contribution is 0.0138. The van der Waals surface area contributed by atoms with Crippen molar-refractivity contribution in [3.05, 3.63) is 28.2 Å². The number of ether oxygens (including phenoxy) is 2. The first-order chi connectivity index (χ1) is 10.8. The number of rotatable bonds is 3. The van der Waals surface area contributed by atoms with Gasteiger partial charge in [0.2, 0.25) is 5.43 Å². The van der Waals surface area contributed by atoms with Gasteiger partial charge in [-0.25, -0.2) is 4.79 Å². The van der Waals surface area contributed by atoms with E-state index in [0.29, 0.717) is 25.4 Å². The first-order valence-corrected chi connectivity index (χ1v) is 7.74. The number of nitrogens with zero attached hydrogens (tertiary/aromatic N) is 2. The molecule has 1 N–H and O–H groups in total. The molecule has 0 bridgehead atoms. The molecule has 0 aliphatic carbocycles. The smallest absolute Gasteiger partial charge is 0.410 e. The first-order valence-electron chi connectivity index (χ1n) is 7.74. The number of pyridine rings is 1. The molecule has 1 saturated heterocycles. The van der Waals surface area contributed by atoms with Crippen LogP contribution in [0, 0.1) is 0 Å². The van der Waals surface area contributed by atoms with Crippen LogP contribution in [0.15, 0.2) is 17.1 Å². The van der Waals surface area contributed by atoms with Gasteiger partial charge in [-0.05, 0) is 20.8 Å². The van der Waals surface area contributed by atoms with Crippen molar-refractivity contribution >= 4 is 6.09 Å². The zero-order chi connectivity index (χ0) is 17.0. The molecule has 1 aromatic heterocycles. The Labute approximate surface area is 136 Å². The number of amides is 1. The average molecular weight is 323 g/mol. The number of aromatic amines is 1. The number of H-pyrrole nitrogens is 1. The summed E-state index contributed by atoms with van der Waals surface area (Å²) >= 11 is 0. The van der Waals surface area contributed by atoms with Crippen molar-refractivity contribution in [3.63, 3.8) is 0 Å². The third-order valence-corrected chi connectivity index (χ3v) is 3.57. The summed E-state index contributed by atoms with van der Waals surface area (Å²) in [6.45, 7) is 8.95. The number of carbonyl (C=O) groups is 1. The van der Waals surface area contributed by atoms with E-state index in [1.54, 1.807) is 17.2 Å². The van der Waals surface area contributed by atoms with Gasteiger partial charge in [0.25, 0.3) is 0 Å². The maximum atomic E-state index is 12.0. The predicted molar refractivity (Wildman–Crippen MR) is 86.7 cm³/mol. The summed E-state index contributed by atoms with van der Waals surface area (Å²) in [6.07, 6.45) is 1.31. The van der Waals surface area contributed by atoms with Crippen LogP contribution >= 0.6 is 0 Å². The lowest BCUT2D eigenvalue weighted by Gasteiger charge is -2.35. The van der Waals surface area contributed by atoms with Gasteiger partial charge in [-0.15, -0.1) is 0 Å². The quantitative estimate of drug-likeness (QED) is 0.911. The minimum Gasteiger partial charge on any atom is -0.491 e. The summed E-state index contributed by atoms with van der Waals surface area (Å²) < 4.78 is 10.3. The van der Waals surface area contributed by atoms with Crippen LogP contribution in [0.3, 0.4) is 0 Å². The molecule has 0 atom stereocenters. The van der Waals surface area contributed by atoms with Crippen LogP contribution in [-0.4, -0.2) is 59.8 Å². The fourth-order valence-corrected chi connectivity index (χ4v) is 2.41. The summed E-state index contributed by atoms with van der Waals surface area (Å²) in [5, 5.41) is 0. The van der Waals surface area contributed by atoms with Gasteiger partial charge in [-0.2, -0.15) is 0 Å². The van der Waals surface area contributed by atoms with Gasteiger partial charge in [-0.1, -0.05) is 0 Å². The first kappa shape index (κ1) is 17.3. The minimum absolute atomic E-state index is 0.131. The molecule has 0 saturated carbocycles. The molecular formula is C16H25N3O4. The minimum atomic E-state index is -0.475. The second-order valence-electron chi connectivity index (χ2n) is 6.63. The summed E-state index contributed by atoms with van der Waals surface area (Å²) in [7, 11) is 1.47. The number of hydrogen-bond donors (Lipinski definition) is 1. The molecule has 1 amide bonds. The number of aromatic nitrogens is 1. The third-order valence-electron chi connectivity index (χ3n) is 3.57. The standard InChI is InChI=1S/C16H25N3O4/c1-16(2,3)23-15(21)19-7-5-18(6-8-19)11-12-9-13(20)14(22-4)10-17-12/h9-10H,5-8,11H2,1-4H3,(H,17,20). The monoisotopic (exact) mass is 323 g/mol. The largest absolute Gasteiger partial charge is 0.491 e. The molecule has 23 heavy (non-hydrogen) atoms. The highest BCUT2D eigenvalue weighted by atomic mass is 16.6. The maximum Gasteiger partial charge on any atom is 0.410 e. The van der Waals surface area contributed by atoms with Crippen LogP contribution in [0.5, 0.6) is 5.75 Å². The van der Waals surface area contributed by atoms with Crippen LogP contribution in [0.4, 0.5) is 4.79 Å². The molecule has 1 aromatic rings. The molecule has 1 aliphatic heterocycles. The Morgan fingerprint density at radius 1 is 1.26 bits per heavy atom. The second kappa shape index (κ2) is 7.04. The summed E-state index contributed by atoms with van der Waals surface area (Å²) in [5.41, 5.74) is 0.228. The lowest BCUT2D eigenvalue weighted by atomic mass is 10.2. The van der Waals surface area contributed by atoms with Crippen LogP contribution < -0.4 is 10.2 Å². The van der Waals surface area contributed by atoms with E-state index in [9.17, 15) is 9.59 Å². The zero-order valence-electron chi connectivity index (χ0n) is 14.2. The van der Waals surface area contributed by atoms with Crippen molar-refractivity contribution in [1.29, 1.82) is 0 Å². The van der Waals surface area contributed by atoms with Crippen LogP contribution in [0.1, 0.15) is 26.5 Å². The Morgan fingerprint density at radius 3 is 2.43 bits per heavy atom. The molecule has 0 spiro atoms. The van der Waals surface area contributed by atoms with Gasteiger partial charge in [0.1, 0.15) is 5.60 Å². The van der Waals surface area contributed by atoms with Gasteiger partial charge in [0, 0.05) is 50.7 Å². The number of methoxy groups -OCH3 is 1. The van der Waals surface area contributed by atoms with Crippen LogP contribution in [0.2, 0.25) is 0 Å². The molecule has 0 aromatic carbocycles. The lowest BCUT2D eigenvalue weighted by Crippen LogP contribution is -2.49. The molecule has 0 radical (unpaired) electrons. The van der Waals surface area contributed by atoms with E-state index in [2.05, 4.69) is 9.88 Å². The Bertz CT molecular complexity index is 598. The van der Waals surface area contributed by atoms with Crippen molar-refractivity contribution in [2.75, 3.05) is 33.3 Å². The Hall–Kier alpha value is -2.02. The topological polar surface area (TPSA) is 74.9 Å². The van der Waals surface area contributed by atoms with Gasteiger partial charge >= 0.3 is 6.09 Å². The highest BCUT2D eigenvalue weighted by Crippen LogP contribution is 2.13. The predicted octanol–water partition coefficient (Wildman–Crippen LogP) is 1.44. The van der Waals surface area contributed by atoms with E-state index in [0.717, 1.165) is 18.8 Å². The number of nitrogens with one attached hydrogen (secondary N) is 1. The summed E-state index contributed by atoms with van der Waals surface area (Å²) in [4.78, 5) is 30.8. The van der Waals surface area contributed by atoms with Crippen molar-refractivity contribution < 1.29 is 14.3 Å². The van der Waals surface area contributed by atoms with E-state index < -0.39 is 5.60 Å². The normalized spacial score (nSPS) is 16.3. The van der Waals surface area contributed by atoms with E-state index in [1.807, 2.05) is 20.8 Å². The van der Waals surface area contributed by atoms with E-state index >= 15 is 0 Å². The highest BCUT2D eigenvalue weighted by molar-refractivity contribution is 5.68. The molecule has 128 valence electrons. The fourth-order valence-electron chi connectivity index (χ4n) is 2.41. The van der Waals surface area contributed by atoms with Gasteiger partial charge < -0.3 is 19.4 Å². The molecule has 1 aliphatic rings. The molecule has 2 heterocycles. The number of carbonyl (C=O) groups excluding carboxylic acids is 1. The molecule has 7 nitrogen and oxygen atoms in total. The Balaban J connectivity index is 1.86. The van der Waals surface area contributed by atoms with Crippen LogP contribution in [0.25, 0.3) is 0 Å². The van der Waals surface area contributed by atoms with Crippen molar-refractivity contribution in [2.24, 2.45) is 0 Å². The highest BCUT2D eigenvalue weighted by Gasteiger charge is 2.25. The van der Waals surface area contributed by atoms with E-state index in [-0.39, 0.29) is 11.5 Å². The van der Waals surface area contributed by atoms with Gasteiger partial charge in [0.05, 0.1) is 7.11 Å². The zero-order valence-corrected chi connectivity index (χ0v) is 14.2. The SMILES string of the molecule is COc1c[nH]c(CN2CCN(C(=O)OC(C)(C)C)CC2)cc1=O. The van der Waals surface area contributed by atoms with Crippen molar-refractivity contribution in [2.45, 2.75) is 32.9 Å². The molecule has 0 unspecified atom stereocenters. The fraction of sp³-hybridized carbons (Fsp3) is 0.625. The third kappa shape index (κ3) is 4.99. The summed E-state index contributed by atoms with van der Waals surface area (Å²) in [6, 6.07) is 1.55. The maximum absolute atomic E-state index is 12.0. The molecule has 7 heteroatoms. The number of piperazine rings is 1. The summed E-state index contributed by atoms with van der Waals surface area (Å²) in [5.74, 6) is 0.309. The van der Waals surface area contributed by atoms with Crippen molar-refractivity contribution in [1.82, 2.24) is 14.8 Å². The molecule has 2 rings (SSSR count). The molecular weight excluding hydrogens is 298 g/mol. The average Bonchev–Trinajstić information content (AvgIpc) is 2.46. The molecule has 1 fully saturated rings. The van der Waals surface area contributed by atoms with E-state index in [4.69, 9.17) is 9.47 Å². The van der Waals surface area contributed by atoms with Crippen LogP contribution in [-0.2, 0) is 11.3 Å². The Morgan fingerprint density at radius 2 is 1.91 bits per heavy atom. The number of hydrogen-bond acceptors (Lipinski definition) is 5. The van der Waals surface area contributed by atoms with Gasteiger partial charge in [-0.3, -0.25) is 9.69 Å². The Kier molecular flexibility index (Phi) is 5.30. The van der Waals surface area contributed by atoms with Crippen molar-refractivity contribution in [3.8, 4) is 5.75 Å². The van der Waals surface area contributed by atoms with Gasteiger partial charge in [0.15, 0.2) is 5.75 Å².